The first kappa shape index (κ1) is 42.7. The van der Waals surface area contributed by atoms with Crippen molar-refractivity contribution in [3.8, 4) is 11.5 Å². The van der Waals surface area contributed by atoms with Gasteiger partial charge in [0.1, 0.15) is 22.0 Å². The van der Waals surface area contributed by atoms with E-state index in [1.54, 1.807) is 30.5 Å². The summed E-state index contributed by atoms with van der Waals surface area (Å²) in [5.41, 5.74) is 3.98. The van der Waals surface area contributed by atoms with Crippen molar-refractivity contribution in [3.05, 3.63) is 106 Å². The van der Waals surface area contributed by atoms with Crippen LogP contribution in [0.2, 0.25) is 0 Å². The predicted octanol–water partition coefficient (Wildman–Crippen LogP) is 7.56. The van der Waals surface area contributed by atoms with Gasteiger partial charge < -0.3 is 29.4 Å². The monoisotopic (exact) mass is 878 g/mol. The lowest BCUT2D eigenvalue weighted by Crippen LogP contribution is -2.58. The zero-order valence-corrected chi connectivity index (χ0v) is 36.4. The fourth-order valence-corrected chi connectivity index (χ4v) is 10.8. The minimum atomic E-state index is -4.61. The summed E-state index contributed by atoms with van der Waals surface area (Å²) in [5, 5.41) is 15.8. The Kier molecular flexibility index (Phi) is 12.1. The van der Waals surface area contributed by atoms with Gasteiger partial charge in [0.2, 0.25) is 5.82 Å². The average molecular weight is 879 g/mol. The summed E-state index contributed by atoms with van der Waals surface area (Å²) in [6.07, 6.45) is 10.2. The first-order chi connectivity index (χ1) is 30.4. The van der Waals surface area contributed by atoms with Crippen LogP contribution in [0.15, 0.2) is 84.1 Å². The van der Waals surface area contributed by atoms with E-state index in [4.69, 9.17) is 14.2 Å². The van der Waals surface area contributed by atoms with E-state index in [0.717, 1.165) is 88.1 Å². The molecule has 1 atom stereocenters. The number of fused-ring (bicyclic) bond motifs is 1. The summed E-state index contributed by atoms with van der Waals surface area (Å²) in [7, 11) is -4.61. The van der Waals surface area contributed by atoms with E-state index in [1.165, 1.54) is 17.3 Å². The molecule has 16 nitrogen and oxygen atoms in total. The van der Waals surface area contributed by atoms with Crippen molar-refractivity contribution in [1.29, 1.82) is 0 Å². The number of aromatic amines is 1. The number of aromatic nitrogens is 3. The third-order valence-corrected chi connectivity index (χ3v) is 14.7. The van der Waals surface area contributed by atoms with Gasteiger partial charge in [-0.2, -0.15) is 0 Å². The van der Waals surface area contributed by atoms with Crippen LogP contribution < -0.4 is 19.7 Å². The highest BCUT2D eigenvalue weighted by molar-refractivity contribution is 7.90. The van der Waals surface area contributed by atoms with Crippen LogP contribution in [0.1, 0.15) is 85.8 Å². The Morgan fingerprint density at radius 1 is 1.00 bits per heavy atom. The van der Waals surface area contributed by atoms with Gasteiger partial charge in [0.25, 0.3) is 15.9 Å². The number of piperidine rings is 1. The number of hydrogen-bond acceptors (Lipinski definition) is 13. The molecule has 1 saturated carbocycles. The minimum absolute atomic E-state index is 0.0388. The summed E-state index contributed by atoms with van der Waals surface area (Å²) in [4.78, 5) is 41.3. The molecular weight excluding hydrogens is 825 g/mol. The molecule has 4 aliphatic rings. The van der Waals surface area contributed by atoms with Crippen molar-refractivity contribution in [3.63, 3.8) is 0 Å². The van der Waals surface area contributed by atoms with Gasteiger partial charge in [0.05, 0.1) is 42.1 Å². The SMILES string of the molecule is CC(C)c1ccccc1[C@H]1COCCN1C1CC2(CCN(c3ccc(C(=O)NS(=O)(=O)c4cnc(NCC5CCOCC5)c([N+](=O)[O-])c4)c(Oc4cnc5[nH]ccc5c4)c3)CC2)C1. The third-order valence-electron chi connectivity index (χ3n) is 13.4. The van der Waals surface area contributed by atoms with E-state index in [-0.39, 0.29) is 34.5 Å². The zero-order chi connectivity index (χ0) is 43.7. The molecule has 332 valence electrons. The Bertz CT molecular complexity index is 2580. The van der Waals surface area contributed by atoms with Crippen molar-refractivity contribution in [1.82, 2.24) is 24.6 Å². The van der Waals surface area contributed by atoms with Crippen LogP contribution in [-0.2, 0) is 19.5 Å². The summed E-state index contributed by atoms with van der Waals surface area (Å²) in [6, 6.07) is 19.2. The van der Waals surface area contributed by atoms with Crippen molar-refractivity contribution < 1.29 is 32.3 Å². The molecule has 63 heavy (non-hydrogen) atoms. The third kappa shape index (κ3) is 9.10. The number of pyridine rings is 2. The van der Waals surface area contributed by atoms with Crippen LogP contribution in [0.3, 0.4) is 0 Å². The number of morpholine rings is 1. The topological polar surface area (TPSA) is 194 Å². The quantitative estimate of drug-likeness (QED) is 0.0776. The lowest BCUT2D eigenvalue weighted by molar-refractivity contribution is -0.384. The zero-order valence-electron chi connectivity index (χ0n) is 35.6. The number of nitro groups is 1. The molecule has 1 amide bonds. The second-order valence-electron chi connectivity index (χ2n) is 17.7. The lowest BCUT2D eigenvalue weighted by Gasteiger charge is -2.57. The number of nitrogens with one attached hydrogen (secondary N) is 3. The van der Waals surface area contributed by atoms with Gasteiger partial charge >= 0.3 is 5.69 Å². The fraction of sp³-hybridized carbons (Fsp3) is 0.457. The molecule has 0 unspecified atom stereocenters. The largest absolute Gasteiger partial charge is 0.455 e. The molecule has 6 heterocycles. The average Bonchev–Trinajstić information content (AvgIpc) is 3.76. The van der Waals surface area contributed by atoms with Gasteiger partial charge in [0, 0.05) is 74.8 Å². The van der Waals surface area contributed by atoms with Crippen molar-refractivity contribution >= 4 is 44.2 Å². The number of sulfonamides is 1. The highest BCUT2D eigenvalue weighted by atomic mass is 32.2. The van der Waals surface area contributed by atoms with Gasteiger partial charge in [-0.1, -0.05) is 38.1 Å². The molecule has 0 radical (unpaired) electrons. The van der Waals surface area contributed by atoms with Crippen LogP contribution >= 0.6 is 0 Å². The number of carbonyl (C=O) groups is 1. The van der Waals surface area contributed by atoms with Crippen molar-refractivity contribution in [2.75, 3.05) is 62.8 Å². The maximum atomic E-state index is 13.9. The lowest BCUT2D eigenvalue weighted by atomic mass is 9.59. The van der Waals surface area contributed by atoms with Crippen LogP contribution in [0.4, 0.5) is 17.2 Å². The summed E-state index contributed by atoms with van der Waals surface area (Å²) in [5.74, 6) is 0.151. The molecule has 1 aliphatic carbocycles. The van der Waals surface area contributed by atoms with Crippen LogP contribution in [0.5, 0.6) is 11.5 Å². The van der Waals surface area contributed by atoms with Crippen LogP contribution in [-0.4, -0.2) is 97.7 Å². The van der Waals surface area contributed by atoms with Crippen molar-refractivity contribution in [2.24, 2.45) is 11.3 Å². The van der Waals surface area contributed by atoms with Gasteiger partial charge in [0.15, 0.2) is 0 Å². The number of benzene rings is 2. The molecule has 3 aliphatic heterocycles. The maximum absolute atomic E-state index is 13.9. The Morgan fingerprint density at radius 3 is 2.57 bits per heavy atom. The first-order valence-corrected chi connectivity index (χ1v) is 23.4. The minimum Gasteiger partial charge on any atom is -0.455 e. The molecule has 3 N–H and O–H groups in total. The molecule has 4 fully saturated rings. The number of hydrogen-bond donors (Lipinski definition) is 3. The van der Waals surface area contributed by atoms with Gasteiger partial charge in [-0.05, 0) is 91.2 Å². The predicted molar refractivity (Wildman–Crippen MR) is 238 cm³/mol. The Balaban J connectivity index is 0.905. The molecule has 1 spiro atoms. The number of H-pyrrole nitrogens is 1. The van der Waals surface area contributed by atoms with E-state index >= 15 is 0 Å². The normalized spacial score (nSPS) is 19.9. The summed E-state index contributed by atoms with van der Waals surface area (Å²) < 4.78 is 47.2. The van der Waals surface area contributed by atoms with Crippen LogP contribution in [0.25, 0.3) is 11.0 Å². The van der Waals surface area contributed by atoms with E-state index < -0.39 is 31.4 Å². The molecule has 0 bridgehead atoms. The van der Waals surface area contributed by atoms with Crippen molar-refractivity contribution in [2.45, 2.75) is 75.3 Å². The number of nitrogens with zero attached hydrogens (tertiary/aromatic N) is 5. The molecule has 3 saturated heterocycles. The molecule has 2 aromatic carbocycles. The second kappa shape index (κ2) is 17.9. The summed E-state index contributed by atoms with van der Waals surface area (Å²) in [6.45, 7) is 10.2. The second-order valence-corrected chi connectivity index (χ2v) is 19.4. The van der Waals surface area contributed by atoms with Gasteiger partial charge in [-0.3, -0.25) is 19.8 Å². The number of anilines is 2. The number of amides is 1. The standard InChI is InChI=1S/C46H54N8O8S/c1-30(2)37-5-3-4-6-38(37)41-29-61-20-17-53(41)34-24-46(25-34)12-15-52(16-13-46)33-7-8-39(42(22-33)62-35-21-32-9-14-47-43(32)49-27-35)45(55)51-63(58,59)36-23-40(54(56)57)44(50-28-36)48-26-31-10-18-60-19-11-31/h3-9,14,21-23,27-28,30-31,34,41H,10-13,15-20,24-26,29H2,1-2H3,(H,47,49)(H,48,50)(H,51,55)/t41-/m1/s1. The Morgan fingerprint density at radius 2 is 1.79 bits per heavy atom. The van der Waals surface area contributed by atoms with Gasteiger partial charge in [-0.15, -0.1) is 0 Å². The van der Waals surface area contributed by atoms with E-state index in [9.17, 15) is 23.3 Å². The molecule has 5 aromatic rings. The fourth-order valence-electron chi connectivity index (χ4n) is 9.85. The maximum Gasteiger partial charge on any atom is 0.312 e. The summed E-state index contributed by atoms with van der Waals surface area (Å²) >= 11 is 0. The first-order valence-electron chi connectivity index (χ1n) is 21.9. The molecule has 9 rings (SSSR count). The van der Waals surface area contributed by atoms with E-state index in [0.29, 0.717) is 49.7 Å². The highest BCUT2D eigenvalue weighted by Gasteiger charge is 2.49. The number of carbonyl (C=O) groups excluding carboxylic acids is 1. The highest BCUT2D eigenvalue weighted by Crippen LogP contribution is 2.53. The van der Waals surface area contributed by atoms with Crippen LogP contribution in [0, 0.1) is 21.4 Å². The van der Waals surface area contributed by atoms with E-state index in [2.05, 4.69) is 72.9 Å². The molecular formula is C46H54N8O8S. The Hall–Kier alpha value is -5.62. The number of rotatable bonds is 13. The van der Waals surface area contributed by atoms with Gasteiger partial charge in [-0.25, -0.2) is 23.1 Å². The van der Waals surface area contributed by atoms with E-state index in [1.807, 2.05) is 6.07 Å². The Labute approximate surface area is 366 Å². The molecule has 17 heteroatoms. The number of ether oxygens (including phenoxy) is 3. The molecule has 3 aromatic heterocycles. The smallest absolute Gasteiger partial charge is 0.312 e.